The van der Waals surface area contributed by atoms with Crippen molar-refractivity contribution in [1.29, 1.82) is 0 Å². The molecule has 1 rings (SSSR count). The number of quaternary nitrogens is 1. The van der Waals surface area contributed by atoms with Crippen LogP contribution >= 0.6 is 0 Å². The van der Waals surface area contributed by atoms with E-state index in [2.05, 4.69) is 44.5 Å². The van der Waals surface area contributed by atoms with E-state index >= 15 is 0 Å². The summed E-state index contributed by atoms with van der Waals surface area (Å²) in [5.41, 5.74) is 0. The van der Waals surface area contributed by atoms with Crippen LogP contribution in [0.25, 0.3) is 0 Å². The number of hydrogen-bond acceptors (Lipinski definition) is 2. The van der Waals surface area contributed by atoms with Crippen molar-refractivity contribution in [3.63, 3.8) is 0 Å². The van der Waals surface area contributed by atoms with Crippen LogP contribution in [0.3, 0.4) is 0 Å². The molecule has 3 atom stereocenters. The van der Waals surface area contributed by atoms with Crippen molar-refractivity contribution in [3.05, 3.63) is 12.2 Å². The zero-order chi connectivity index (χ0) is 24.9. The Morgan fingerprint density at radius 2 is 1.38 bits per heavy atom. The number of rotatable bonds is 22. The lowest BCUT2D eigenvalue weighted by molar-refractivity contribution is -0.959. The van der Waals surface area contributed by atoms with E-state index < -0.39 is 0 Å². The molecule has 0 aromatic rings. The predicted molar refractivity (Wildman–Crippen MR) is 149 cm³/mol. The Labute approximate surface area is 212 Å². The van der Waals surface area contributed by atoms with Crippen LogP contribution in [0.1, 0.15) is 143 Å². The van der Waals surface area contributed by atoms with Crippen LogP contribution in [0.4, 0.5) is 0 Å². The van der Waals surface area contributed by atoms with Gasteiger partial charge in [0, 0.05) is 20.3 Å². The summed E-state index contributed by atoms with van der Waals surface area (Å²) in [4.78, 5) is 16.3. The highest BCUT2D eigenvalue weighted by Crippen LogP contribution is 2.26. The van der Waals surface area contributed by atoms with E-state index in [1.54, 1.807) is 6.92 Å². The zero-order valence-corrected chi connectivity index (χ0v) is 23.3. The molecule has 198 valence electrons. The van der Waals surface area contributed by atoms with E-state index in [1.807, 2.05) is 0 Å². The average Bonchev–Trinajstić information content (AvgIpc) is 3.24. The maximum absolute atomic E-state index is 11.5. The second-order valence-corrected chi connectivity index (χ2v) is 10.6. The number of hydrogen-bond donors (Lipinski definition) is 1. The third kappa shape index (κ3) is 13.1. The van der Waals surface area contributed by atoms with Crippen molar-refractivity contribution in [2.75, 3.05) is 13.1 Å². The van der Waals surface area contributed by atoms with Crippen LogP contribution in [0.2, 0.25) is 0 Å². The van der Waals surface area contributed by atoms with E-state index in [0.29, 0.717) is 0 Å². The maximum Gasteiger partial charge on any atom is 0.221 e. The summed E-state index contributed by atoms with van der Waals surface area (Å²) in [5.74, 6) is 0.0486. The van der Waals surface area contributed by atoms with Gasteiger partial charge in [-0.25, -0.2) is 4.99 Å². The highest BCUT2D eigenvalue weighted by molar-refractivity contribution is 5.73. The third-order valence-electron chi connectivity index (χ3n) is 7.80. The van der Waals surface area contributed by atoms with Crippen LogP contribution in [-0.4, -0.2) is 42.0 Å². The van der Waals surface area contributed by atoms with Gasteiger partial charge in [0.05, 0.1) is 12.8 Å². The normalized spacial score (nSPS) is 20.9. The summed E-state index contributed by atoms with van der Waals surface area (Å²) >= 11 is 0. The molecule has 34 heavy (non-hydrogen) atoms. The minimum Gasteiger partial charge on any atom is -0.307 e. The van der Waals surface area contributed by atoms with Gasteiger partial charge in [-0.15, -0.1) is 0 Å². The Balaban J connectivity index is 1.97. The largest absolute Gasteiger partial charge is 0.307 e. The van der Waals surface area contributed by atoms with Gasteiger partial charge in [0.25, 0.3) is 0 Å². The van der Waals surface area contributed by atoms with Crippen LogP contribution in [-0.2, 0) is 4.79 Å². The highest BCUT2D eigenvalue weighted by atomic mass is 16.1. The van der Waals surface area contributed by atoms with Gasteiger partial charge in [0.15, 0.2) is 12.3 Å². The molecule has 0 saturated heterocycles. The van der Waals surface area contributed by atoms with E-state index in [0.717, 1.165) is 30.4 Å². The Hall–Kier alpha value is -1.16. The fourth-order valence-corrected chi connectivity index (χ4v) is 5.47. The molecule has 0 fully saturated rings. The predicted octanol–water partition coefficient (Wildman–Crippen LogP) is 8.31. The Kier molecular flexibility index (Phi) is 18.2. The number of unbranched alkanes of at least 4 members (excludes halogenated alkanes) is 15. The van der Waals surface area contributed by atoms with Crippen molar-refractivity contribution in [3.8, 4) is 0 Å². The van der Waals surface area contributed by atoms with Gasteiger partial charge in [0.2, 0.25) is 5.91 Å². The smallest absolute Gasteiger partial charge is 0.221 e. The molecule has 1 amide bonds. The summed E-state index contributed by atoms with van der Waals surface area (Å²) < 4.78 is 0.854. The maximum atomic E-state index is 11.5. The topological polar surface area (TPSA) is 41.5 Å². The summed E-state index contributed by atoms with van der Waals surface area (Å²) in [6.45, 7) is 10.2. The first-order valence-electron chi connectivity index (χ1n) is 14.9. The second-order valence-electron chi connectivity index (χ2n) is 10.6. The van der Waals surface area contributed by atoms with Crippen LogP contribution < -0.4 is 5.32 Å². The first kappa shape index (κ1) is 30.9. The number of carbonyl (C=O) groups is 1. The van der Waals surface area contributed by atoms with Gasteiger partial charge in [0.1, 0.15) is 6.54 Å². The van der Waals surface area contributed by atoms with Gasteiger partial charge in [-0.2, -0.15) is 0 Å². The lowest BCUT2D eigenvalue weighted by atomic mass is 10.0. The summed E-state index contributed by atoms with van der Waals surface area (Å²) in [7, 11) is 0. The van der Waals surface area contributed by atoms with E-state index in [-0.39, 0.29) is 18.2 Å². The van der Waals surface area contributed by atoms with Crippen LogP contribution in [0.15, 0.2) is 17.1 Å². The molecule has 1 aliphatic heterocycles. The standard InChI is InChI=1S/C30H57N3O/c1-5-7-8-9-10-11-12-13-14-15-16-17-18-19-20-21-22-23-24-25-30-31-26-27-33(30,6-2)28(3)32-29(4)34/h22-23,26,28,30H,5-21,24-25,27H2,1-4H3/p+1/b23-22+. The van der Waals surface area contributed by atoms with Gasteiger partial charge in [-0.1, -0.05) is 109 Å². The van der Waals surface area contributed by atoms with Crippen molar-refractivity contribution in [2.45, 2.75) is 156 Å². The molecule has 1 N–H and O–H groups in total. The summed E-state index contributed by atoms with van der Waals surface area (Å²) in [6.07, 6.45) is 31.9. The third-order valence-corrected chi connectivity index (χ3v) is 7.80. The number of allylic oxidation sites excluding steroid dienone is 2. The number of aliphatic imine (C=N–C) groups is 1. The highest BCUT2D eigenvalue weighted by Gasteiger charge is 2.42. The van der Waals surface area contributed by atoms with E-state index in [1.165, 1.54) is 103 Å². The molecule has 4 nitrogen and oxygen atoms in total. The van der Waals surface area contributed by atoms with Gasteiger partial charge in [-0.3, -0.25) is 9.28 Å². The molecule has 0 aromatic heterocycles. The molecule has 4 heteroatoms. The van der Waals surface area contributed by atoms with Crippen molar-refractivity contribution < 1.29 is 9.28 Å². The minimum atomic E-state index is 0.0486. The van der Waals surface area contributed by atoms with Crippen LogP contribution in [0.5, 0.6) is 0 Å². The number of nitrogens with one attached hydrogen (secondary N) is 1. The lowest BCUT2D eigenvalue weighted by Crippen LogP contribution is -2.63. The van der Waals surface area contributed by atoms with Gasteiger partial charge in [-0.05, 0) is 26.2 Å². The van der Waals surface area contributed by atoms with E-state index in [4.69, 9.17) is 4.99 Å². The molecule has 0 spiro atoms. The Morgan fingerprint density at radius 3 is 1.88 bits per heavy atom. The fourth-order valence-electron chi connectivity index (χ4n) is 5.47. The number of carbonyl (C=O) groups excluding carboxylic acids is 1. The molecule has 1 aliphatic rings. The average molecular weight is 477 g/mol. The molecular formula is C30H58N3O+. The molecule has 0 saturated carbocycles. The van der Waals surface area contributed by atoms with Crippen LogP contribution in [0, 0.1) is 0 Å². The van der Waals surface area contributed by atoms with E-state index in [9.17, 15) is 4.79 Å². The van der Waals surface area contributed by atoms with Crippen molar-refractivity contribution in [1.82, 2.24) is 5.32 Å². The van der Waals surface area contributed by atoms with Gasteiger partial charge < -0.3 is 5.32 Å². The minimum absolute atomic E-state index is 0.0486. The molecule has 3 unspecified atom stereocenters. The zero-order valence-electron chi connectivity index (χ0n) is 23.3. The Bertz CT molecular complexity index is 559. The molecule has 0 aliphatic carbocycles. The van der Waals surface area contributed by atoms with Crippen molar-refractivity contribution >= 4 is 12.1 Å². The lowest BCUT2D eigenvalue weighted by Gasteiger charge is -2.42. The second kappa shape index (κ2) is 20.1. The molecule has 0 radical (unpaired) electrons. The molecular weight excluding hydrogens is 418 g/mol. The summed E-state index contributed by atoms with van der Waals surface area (Å²) in [6, 6.07) is 0. The van der Waals surface area contributed by atoms with Crippen molar-refractivity contribution in [2.24, 2.45) is 4.99 Å². The summed E-state index contributed by atoms with van der Waals surface area (Å²) in [5, 5.41) is 3.10. The first-order chi connectivity index (χ1) is 16.6. The SMILES string of the molecule is CCCCCCCCCCCCCCCCC/C=C/CCC1N=CC[N+]1(CC)C(C)NC(C)=O. The monoisotopic (exact) mass is 476 g/mol. The quantitative estimate of drug-likeness (QED) is 0.0952. The first-order valence-corrected chi connectivity index (χ1v) is 14.9. The Morgan fingerprint density at radius 1 is 0.882 bits per heavy atom. The van der Waals surface area contributed by atoms with Gasteiger partial charge >= 0.3 is 0 Å². The molecule has 1 heterocycles. The molecule has 0 aromatic carbocycles. The number of amides is 1. The fraction of sp³-hybridized carbons (Fsp3) is 0.867. The molecule has 0 bridgehead atoms. The number of nitrogens with zero attached hydrogens (tertiary/aromatic N) is 2.